The number of aromatic nitrogens is 4. The normalized spacial score (nSPS) is 25.2. The molecule has 0 saturated carbocycles. The molecule has 2 fully saturated rings. The lowest BCUT2D eigenvalue weighted by Crippen LogP contribution is -2.58. The van der Waals surface area contributed by atoms with Crippen LogP contribution >= 0.6 is 11.3 Å². The van der Waals surface area contributed by atoms with Gasteiger partial charge >= 0.3 is 6.18 Å². The summed E-state index contributed by atoms with van der Waals surface area (Å²) in [5.74, 6) is -0.539. The predicted octanol–water partition coefficient (Wildman–Crippen LogP) is 3.39. The Hall–Kier alpha value is -2.24. The number of pyridine rings is 1. The van der Waals surface area contributed by atoms with E-state index in [0.29, 0.717) is 10.7 Å². The molecule has 0 aliphatic carbocycles. The number of hydrogen-bond acceptors (Lipinski definition) is 7. The second kappa shape index (κ2) is 7.17. The Morgan fingerprint density at radius 3 is 2.77 bits per heavy atom. The Kier molecular flexibility index (Phi) is 4.71. The molecule has 0 radical (unpaired) electrons. The van der Waals surface area contributed by atoms with E-state index in [1.54, 1.807) is 4.52 Å². The first kappa shape index (κ1) is 19.7. The molecular formula is C19H22F3N7S. The highest BCUT2D eigenvalue weighted by Gasteiger charge is 2.37. The Labute approximate surface area is 174 Å². The minimum absolute atomic E-state index is 0.120. The molecule has 30 heavy (non-hydrogen) atoms. The molecule has 1 spiro atoms. The topological polar surface area (TPSA) is 93.2 Å². The van der Waals surface area contributed by atoms with Crippen molar-refractivity contribution in [3.63, 3.8) is 0 Å². The van der Waals surface area contributed by atoms with Crippen molar-refractivity contribution in [2.45, 2.75) is 49.9 Å². The summed E-state index contributed by atoms with van der Waals surface area (Å²) in [6.45, 7) is 1.96. The van der Waals surface area contributed by atoms with Crippen LogP contribution in [0.2, 0.25) is 0 Å². The highest BCUT2D eigenvalue weighted by molar-refractivity contribution is 7.16. The van der Waals surface area contributed by atoms with E-state index < -0.39 is 17.6 Å². The number of imidazole rings is 1. The molecule has 5 heterocycles. The third kappa shape index (κ3) is 3.44. The summed E-state index contributed by atoms with van der Waals surface area (Å²) < 4.78 is 41.2. The summed E-state index contributed by atoms with van der Waals surface area (Å²) in [6.07, 6.45) is 3.98. The Morgan fingerprint density at radius 1 is 1.20 bits per heavy atom. The number of anilines is 1. The van der Waals surface area contributed by atoms with Crippen molar-refractivity contribution in [3.8, 4) is 11.3 Å². The number of rotatable bonds is 2. The first-order chi connectivity index (χ1) is 14.3. The van der Waals surface area contributed by atoms with Crippen LogP contribution in [0.1, 0.15) is 48.7 Å². The molecule has 2 unspecified atom stereocenters. The zero-order valence-corrected chi connectivity index (χ0v) is 17.0. The van der Waals surface area contributed by atoms with Gasteiger partial charge in [-0.3, -0.25) is 0 Å². The molecule has 2 aliphatic heterocycles. The quantitative estimate of drug-likeness (QED) is 0.569. The molecule has 5 rings (SSSR count). The van der Waals surface area contributed by atoms with Gasteiger partial charge in [0.1, 0.15) is 10.8 Å². The zero-order chi connectivity index (χ0) is 20.9. The van der Waals surface area contributed by atoms with Crippen LogP contribution < -0.4 is 16.4 Å². The maximum absolute atomic E-state index is 13.2. The van der Waals surface area contributed by atoms with E-state index in [2.05, 4.69) is 25.7 Å². The van der Waals surface area contributed by atoms with Gasteiger partial charge in [-0.15, -0.1) is 0 Å². The molecule has 0 aromatic carbocycles. The van der Waals surface area contributed by atoms with E-state index in [0.717, 1.165) is 37.0 Å². The maximum Gasteiger partial charge on any atom is 0.419 e. The molecule has 0 amide bonds. The van der Waals surface area contributed by atoms with Crippen LogP contribution in [0.15, 0.2) is 18.5 Å². The van der Waals surface area contributed by atoms with E-state index in [9.17, 15) is 13.2 Å². The van der Waals surface area contributed by atoms with Crippen molar-refractivity contribution < 1.29 is 13.2 Å². The largest absolute Gasteiger partial charge is 0.419 e. The lowest BCUT2D eigenvalue weighted by atomic mass is 9.81. The first-order valence-electron chi connectivity index (χ1n) is 10.0. The molecule has 2 aliphatic rings. The van der Waals surface area contributed by atoms with Crippen LogP contribution in [0, 0.1) is 0 Å². The number of hydrogen-bond donors (Lipinski definition) is 3. The highest BCUT2D eigenvalue weighted by Crippen LogP contribution is 2.37. The highest BCUT2D eigenvalue weighted by atomic mass is 32.1. The third-order valence-corrected chi connectivity index (χ3v) is 7.14. The number of alkyl halides is 3. The number of piperidine rings is 2. The average Bonchev–Trinajstić information content (AvgIpc) is 3.30. The van der Waals surface area contributed by atoms with Gasteiger partial charge in [0.15, 0.2) is 0 Å². The lowest BCUT2D eigenvalue weighted by molar-refractivity contribution is -0.137. The predicted molar refractivity (Wildman–Crippen MR) is 108 cm³/mol. The summed E-state index contributed by atoms with van der Waals surface area (Å²) in [5, 5.41) is 12.8. The van der Waals surface area contributed by atoms with Gasteiger partial charge in [0, 0.05) is 23.8 Å². The van der Waals surface area contributed by atoms with Crippen molar-refractivity contribution in [1.29, 1.82) is 0 Å². The van der Waals surface area contributed by atoms with Crippen molar-refractivity contribution in [1.82, 2.24) is 30.2 Å². The van der Waals surface area contributed by atoms with Gasteiger partial charge in [-0.25, -0.2) is 14.5 Å². The van der Waals surface area contributed by atoms with Crippen LogP contribution in [0.5, 0.6) is 0 Å². The molecule has 3 aromatic rings. The summed E-state index contributed by atoms with van der Waals surface area (Å²) in [5.41, 5.74) is 5.39. The van der Waals surface area contributed by atoms with Crippen LogP contribution in [0.3, 0.4) is 0 Å². The van der Waals surface area contributed by atoms with Crippen molar-refractivity contribution >= 4 is 22.1 Å². The van der Waals surface area contributed by atoms with Crippen molar-refractivity contribution in [2.75, 3.05) is 18.8 Å². The summed E-state index contributed by atoms with van der Waals surface area (Å²) >= 11 is 1.46. The van der Waals surface area contributed by atoms with E-state index >= 15 is 0 Å². The summed E-state index contributed by atoms with van der Waals surface area (Å²) in [6, 6.07) is 1.12. The standard InChI is InChI=1S/C19H22F3N7S/c20-19(21,22)12-7-11(8-24-15(12)23)14-9-25-17-29(14)28-16(30-17)13-3-5-18(10-26-13)4-1-2-6-27-18/h7-9,13,26-27H,1-6,10H2,(H2,23,24). The van der Waals surface area contributed by atoms with Crippen LogP contribution in [-0.2, 0) is 6.18 Å². The SMILES string of the molecule is Nc1ncc(-c2cnc3sc(C4CCC5(CCCCN5)CN4)nn23)cc1C(F)(F)F. The Bertz CT molecular complexity index is 1060. The van der Waals surface area contributed by atoms with Crippen molar-refractivity contribution in [2.24, 2.45) is 0 Å². The number of fused-ring (bicyclic) bond motifs is 1. The minimum atomic E-state index is -4.57. The number of nitrogens with zero attached hydrogens (tertiary/aromatic N) is 4. The molecule has 11 heteroatoms. The molecule has 160 valence electrons. The zero-order valence-electron chi connectivity index (χ0n) is 16.2. The van der Waals surface area contributed by atoms with E-state index in [1.165, 1.54) is 43.0 Å². The summed E-state index contributed by atoms with van der Waals surface area (Å²) in [7, 11) is 0. The van der Waals surface area contributed by atoms with E-state index in [4.69, 9.17) is 5.73 Å². The van der Waals surface area contributed by atoms with Gasteiger partial charge < -0.3 is 16.4 Å². The number of nitrogens with two attached hydrogens (primary N) is 1. The average molecular weight is 437 g/mol. The number of halogens is 3. The lowest BCUT2D eigenvalue weighted by Gasteiger charge is -2.43. The van der Waals surface area contributed by atoms with Gasteiger partial charge in [-0.05, 0) is 38.3 Å². The fraction of sp³-hybridized carbons (Fsp3) is 0.526. The smallest absolute Gasteiger partial charge is 0.383 e. The molecule has 4 N–H and O–H groups in total. The summed E-state index contributed by atoms with van der Waals surface area (Å²) in [4.78, 5) is 8.71. The molecule has 2 saturated heterocycles. The van der Waals surface area contributed by atoms with E-state index in [1.807, 2.05) is 0 Å². The second-order valence-corrected chi connectivity index (χ2v) is 9.06. The van der Waals surface area contributed by atoms with Gasteiger partial charge in [0.2, 0.25) is 4.96 Å². The molecule has 7 nitrogen and oxygen atoms in total. The molecule has 0 bridgehead atoms. The minimum Gasteiger partial charge on any atom is -0.383 e. The molecule has 3 aromatic heterocycles. The Balaban J connectivity index is 1.41. The van der Waals surface area contributed by atoms with Crippen LogP contribution in [-0.4, -0.2) is 38.2 Å². The van der Waals surface area contributed by atoms with Gasteiger partial charge in [0.05, 0.1) is 23.5 Å². The fourth-order valence-electron chi connectivity index (χ4n) is 4.42. The number of nitrogens with one attached hydrogen (secondary N) is 2. The van der Waals surface area contributed by atoms with Crippen molar-refractivity contribution in [3.05, 3.63) is 29.0 Å². The van der Waals surface area contributed by atoms with E-state index in [-0.39, 0.29) is 17.1 Å². The third-order valence-electron chi connectivity index (χ3n) is 6.10. The number of nitrogen functional groups attached to an aromatic ring is 1. The van der Waals surface area contributed by atoms with Gasteiger partial charge in [0.25, 0.3) is 0 Å². The van der Waals surface area contributed by atoms with Gasteiger partial charge in [-0.2, -0.15) is 18.3 Å². The van der Waals surface area contributed by atoms with Gasteiger partial charge in [-0.1, -0.05) is 17.8 Å². The molecule has 2 atom stereocenters. The van der Waals surface area contributed by atoms with Crippen LogP contribution in [0.25, 0.3) is 16.2 Å². The van der Waals surface area contributed by atoms with Crippen LogP contribution in [0.4, 0.5) is 19.0 Å². The first-order valence-corrected chi connectivity index (χ1v) is 10.8. The fourth-order valence-corrected chi connectivity index (χ4v) is 5.41. The maximum atomic E-state index is 13.2. The second-order valence-electron chi connectivity index (χ2n) is 8.07. The monoisotopic (exact) mass is 437 g/mol. The molecular weight excluding hydrogens is 415 g/mol. The Morgan fingerprint density at radius 2 is 2.07 bits per heavy atom.